The first-order valence-corrected chi connectivity index (χ1v) is 5.42. The van der Waals surface area contributed by atoms with Crippen LogP contribution in [0.2, 0.25) is 0 Å². The molecule has 0 bridgehead atoms. The van der Waals surface area contributed by atoms with E-state index in [1.54, 1.807) is 14.0 Å². The standard InChI is InChI=1S/C10H12BrNO4/c1-4-16-10(14)6-5-12(2)9(13)7(11)8(6)15-3/h5H,4H2,1-3H3. The zero-order valence-corrected chi connectivity index (χ0v) is 10.8. The third-order valence-electron chi connectivity index (χ3n) is 1.97. The number of hydrogen-bond donors (Lipinski definition) is 0. The Hall–Kier alpha value is -1.30. The number of pyridine rings is 1. The number of aryl methyl sites for hydroxylation is 1. The monoisotopic (exact) mass is 289 g/mol. The maximum absolute atomic E-state index is 11.6. The quantitative estimate of drug-likeness (QED) is 0.788. The molecule has 5 nitrogen and oxygen atoms in total. The molecule has 1 aromatic heterocycles. The molecule has 0 spiro atoms. The number of aromatic nitrogens is 1. The van der Waals surface area contributed by atoms with Crippen LogP contribution >= 0.6 is 15.9 Å². The van der Waals surface area contributed by atoms with E-state index in [1.165, 1.54) is 17.9 Å². The first-order chi connectivity index (χ1) is 7.52. The Morgan fingerprint density at radius 2 is 2.19 bits per heavy atom. The molecule has 0 N–H and O–H groups in total. The van der Waals surface area contributed by atoms with Gasteiger partial charge in [0.15, 0.2) is 5.75 Å². The van der Waals surface area contributed by atoms with Gasteiger partial charge in [-0.05, 0) is 22.9 Å². The minimum Gasteiger partial charge on any atom is -0.494 e. The molecule has 6 heteroatoms. The van der Waals surface area contributed by atoms with Gasteiger partial charge in [0.25, 0.3) is 5.56 Å². The lowest BCUT2D eigenvalue weighted by Gasteiger charge is -2.10. The number of halogens is 1. The van der Waals surface area contributed by atoms with E-state index >= 15 is 0 Å². The number of methoxy groups -OCH3 is 1. The third-order valence-corrected chi connectivity index (χ3v) is 2.67. The summed E-state index contributed by atoms with van der Waals surface area (Å²) in [5.74, 6) is -0.322. The number of carbonyl (C=O) groups is 1. The molecule has 0 atom stereocenters. The molecule has 0 unspecified atom stereocenters. The van der Waals surface area contributed by atoms with Crippen molar-refractivity contribution in [1.29, 1.82) is 0 Å². The van der Waals surface area contributed by atoms with Crippen molar-refractivity contribution in [2.24, 2.45) is 7.05 Å². The fourth-order valence-corrected chi connectivity index (χ4v) is 1.89. The van der Waals surface area contributed by atoms with Gasteiger partial charge >= 0.3 is 5.97 Å². The molecule has 1 rings (SSSR count). The largest absolute Gasteiger partial charge is 0.494 e. The van der Waals surface area contributed by atoms with E-state index in [2.05, 4.69) is 15.9 Å². The summed E-state index contributed by atoms with van der Waals surface area (Å²) in [6.45, 7) is 1.98. The zero-order chi connectivity index (χ0) is 12.3. The van der Waals surface area contributed by atoms with E-state index in [9.17, 15) is 9.59 Å². The Morgan fingerprint density at radius 1 is 1.56 bits per heavy atom. The lowest BCUT2D eigenvalue weighted by molar-refractivity contribution is 0.0521. The molecule has 88 valence electrons. The Morgan fingerprint density at radius 3 is 2.69 bits per heavy atom. The summed E-state index contributed by atoms with van der Waals surface area (Å²) in [5, 5.41) is 0. The smallest absolute Gasteiger partial charge is 0.343 e. The normalized spacial score (nSPS) is 10.0. The summed E-state index contributed by atoms with van der Waals surface area (Å²) in [6, 6.07) is 0. The van der Waals surface area contributed by atoms with E-state index in [-0.39, 0.29) is 28.0 Å². The summed E-state index contributed by atoms with van der Waals surface area (Å²) in [4.78, 5) is 23.2. The van der Waals surface area contributed by atoms with Gasteiger partial charge in [0.2, 0.25) is 0 Å². The Labute approximate surface area is 101 Å². The van der Waals surface area contributed by atoms with Crippen molar-refractivity contribution in [3.05, 3.63) is 26.6 Å². The molecular formula is C10H12BrNO4. The summed E-state index contributed by atoms with van der Waals surface area (Å²) in [6.07, 6.45) is 1.39. The minimum atomic E-state index is -0.518. The number of nitrogens with zero attached hydrogens (tertiary/aromatic N) is 1. The summed E-state index contributed by atoms with van der Waals surface area (Å²) in [7, 11) is 2.94. The second-order valence-corrected chi connectivity index (χ2v) is 3.82. The molecule has 16 heavy (non-hydrogen) atoms. The number of esters is 1. The summed E-state index contributed by atoms with van der Waals surface area (Å²) in [5.41, 5.74) is -0.0526. The first kappa shape index (κ1) is 12.8. The number of carbonyl (C=O) groups excluding carboxylic acids is 1. The number of hydrogen-bond acceptors (Lipinski definition) is 4. The molecule has 0 fully saturated rings. The van der Waals surface area contributed by atoms with E-state index in [1.807, 2.05) is 0 Å². The topological polar surface area (TPSA) is 57.5 Å². The van der Waals surface area contributed by atoms with Gasteiger partial charge in [-0.3, -0.25) is 4.79 Å². The van der Waals surface area contributed by atoms with E-state index in [4.69, 9.17) is 9.47 Å². The Kier molecular flexibility index (Phi) is 4.12. The van der Waals surface area contributed by atoms with Gasteiger partial charge in [0.05, 0.1) is 13.7 Å². The van der Waals surface area contributed by atoms with Crippen LogP contribution in [-0.2, 0) is 11.8 Å². The lowest BCUT2D eigenvalue weighted by Crippen LogP contribution is -2.21. The highest BCUT2D eigenvalue weighted by molar-refractivity contribution is 9.10. The van der Waals surface area contributed by atoms with Crippen molar-refractivity contribution in [3.8, 4) is 5.75 Å². The van der Waals surface area contributed by atoms with E-state index in [0.29, 0.717) is 0 Å². The Bertz CT molecular complexity index is 467. The SMILES string of the molecule is CCOC(=O)c1cn(C)c(=O)c(Br)c1OC. The van der Waals surface area contributed by atoms with Gasteiger partial charge in [0, 0.05) is 13.2 Å². The summed E-state index contributed by atoms with van der Waals surface area (Å²) >= 11 is 3.10. The van der Waals surface area contributed by atoms with E-state index in [0.717, 1.165) is 0 Å². The van der Waals surface area contributed by atoms with Crippen LogP contribution in [0.5, 0.6) is 5.75 Å². The van der Waals surface area contributed by atoms with Gasteiger partial charge in [0.1, 0.15) is 10.0 Å². The molecule has 0 aromatic carbocycles. The van der Waals surface area contributed by atoms with Crippen LogP contribution in [0.3, 0.4) is 0 Å². The second kappa shape index (κ2) is 5.16. The van der Waals surface area contributed by atoms with Crippen LogP contribution in [0.1, 0.15) is 17.3 Å². The Balaban J connectivity index is 3.39. The highest BCUT2D eigenvalue weighted by Gasteiger charge is 2.19. The first-order valence-electron chi connectivity index (χ1n) is 4.63. The van der Waals surface area contributed by atoms with Gasteiger partial charge < -0.3 is 14.0 Å². The van der Waals surface area contributed by atoms with Crippen molar-refractivity contribution >= 4 is 21.9 Å². The number of rotatable bonds is 3. The predicted octanol–water partition coefficient (Wildman–Crippen LogP) is 1.33. The fraction of sp³-hybridized carbons (Fsp3) is 0.400. The summed E-state index contributed by atoms with van der Waals surface area (Å²) < 4.78 is 11.4. The van der Waals surface area contributed by atoms with Crippen molar-refractivity contribution < 1.29 is 14.3 Å². The highest BCUT2D eigenvalue weighted by Crippen LogP contribution is 2.25. The maximum atomic E-state index is 11.6. The molecule has 0 saturated heterocycles. The predicted molar refractivity (Wildman–Crippen MR) is 61.9 cm³/mol. The molecular weight excluding hydrogens is 278 g/mol. The average molecular weight is 290 g/mol. The van der Waals surface area contributed by atoms with Crippen LogP contribution < -0.4 is 10.3 Å². The van der Waals surface area contributed by atoms with Crippen LogP contribution in [0, 0.1) is 0 Å². The molecule has 1 heterocycles. The minimum absolute atomic E-state index is 0.196. The van der Waals surface area contributed by atoms with Gasteiger partial charge in [-0.2, -0.15) is 0 Å². The maximum Gasteiger partial charge on any atom is 0.343 e. The van der Waals surface area contributed by atoms with Gasteiger partial charge in [-0.25, -0.2) is 4.79 Å². The molecule has 0 aliphatic rings. The second-order valence-electron chi connectivity index (χ2n) is 3.03. The van der Waals surface area contributed by atoms with Gasteiger partial charge in [-0.15, -0.1) is 0 Å². The number of ether oxygens (including phenoxy) is 2. The van der Waals surface area contributed by atoms with Crippen molar-refractivity contribution in [3.63, 3.8) is 0 Å². The molecule has 0 aliphatic carbocycles. The van der Waals surface area contributed by atoms with Crippen LogP contribution in [0.4, 0.5) is 0 Å². The third kappa shape index (κ3) is 2.27. The molecule has 0 saturated carbocycles. The van der Waals surface area contributed by atoms with Crippen molar-refractivity contribution in [2.75, 3.05) is 13.7 Å². The van der Waals surface area contributed by atoms with Crippen LogP contribution in [-0.4, -0.2) is 24.3 Å². The van der Waals surface area contributed by atoms with Crippen molar-refractivity contribution in [2.45, 2.75) is 6.92 Å². The lowest BCUT2D eigenvalue weighted by atomic mass is 10.2. The van der Waals surface area contributed by atoms with Crippen molar-refractivity contribution in [1.82, 2.24) is 4.57 Å². The average Bonchev–Trinajstić information content (AvgIpc) is 2.26. The molecule has 0 amide bonds. The molecule has 0 aliphatic heterocycles. The van der Waals surface area contributed by atoms with Crippen LogP contribution in [0.25, 0.3) is 0 Å². The van der Waals surface area contributed by atoms with Gasteiger partial charge in [-0.1, -0.05) is 0 Å². The van der Waals surface area contributed by atoms with E-state index < -0.39 is 5.97 Å². The molecule has 1 aromatic rings. The molecule has 0 radical (unpaired) electrons. The highest BCUT2D eigenvalue weighted by atomic mass is 79.9. The van der Waals surface area contributed by atoms with Crippen LogP contribution in [0.15, 0.2) is 15.5 Å². The fourth-order valence-electron chi connectivity index (χ4n) is 1.23. The zero-order valence-electron chi connectivity index (χ0n) is 9.24.